The molecule has 196 valence electrons. The fourth-order valence-corrected chi connectivity index (χ4v) is 6.88. The molecule has 10 nitrogen and oxygen atoms in total. The Morgan fingerprint density at radius 1 is 1.28 bits per heavy atom. The van der Waals surface area contributed by atoms with Crippen molar-refractivity contribution in [3.63, 3.8) is 0 Å². The van der Waals surface area contributed by atoms with Crippen LogP contribution in [0, 0.1) is 6.92 Å². The van der Waals surface area contributed by atoms with E-state index in [0.717, 1.165) is 0 Å². The van der Waals surface area contributed by atoms with Crippen LogP contribution in [0.1, 0.15) is 57.2 Å². The van der Waals surface area contributed by atoms with Crippen molar-refractivity contribution in [2.24, 2.45) is 0 Å². The highest BCUT2D eigenvalue weighted by Gasteiger charge is 2.36. The zero-order chi connectivity index (χ0) is 26.3. The summed E-state index contributed by atoms with van der Waals surface area (Å²) in [6.45, 7) is 7.37. The predicted octanol–water partition coefficient (Wildman–Crippen LogP) is 3.20. The van der Waals surface area contributed by atoms with Gasteiger partial charge in [0, 0.05) is 11.6 Å². The summed E-state index contributed by atoms with van der Waals surface area (Å²) in [7, 11) is -2.47. The number of sulfonamides is 1. The first kappa shape index (κ1) is 26.5. The smallest absolute Gasteiger partial charge is 0.318 e. The average Bonchev–Trinajstić information content (AvgIpc) is 3.37. The quantitative estimate of drug-likeness (QED) is 0.420. The number of rotatable bonds is 8. The van der Waals surface area contributed by atoms with Crippen molar-refractivity contribution in [2.75, 3.05) is 13.7 Å². The minimum Gasteiger partial charge on any atom is -0.495 e. The number of aliphatic hydroxyl groups is 1. The van der Waals surface area contributed by atoms with E-state index in [2.05, 4.69) is 14.8 Å². The predicted molar refractivity (Wildman–Crippen MR) is 136 cm³/mol. The van der Waals surface area contributed by atoms with Gasteiger partial charge in [0.1, 0.15) is 21.1 Å². The van der Waals surface area contributed by atoms with Gasteiger partial charge in [-0.05, 0) is 71.6 Å². The number of benzene rings is 1. The summed E-state index contributed by atoms with van der Waals surface area (Å²) in [5.41, 5.74) is 0.952. The lowest BCUT2D eigenvalue weighted by Gasteiger charge is -2.26. The molecule has 1 fully saturated rings. The Labute approximate surface area is 214 Å². The molecule has 0 spiro atoms. The average molecular weight is 537 g/mol. The number of ether oxygens (including phenoxy) is 2. The number of imidazole rings is 1. The Morgan fingerprint density at radius 3 is 2.61 bits per heavy atom. The summed E-state index contributed by atoms with van der Waals surface area (Å²) in [6, 6.07) is 4.69. The van der Waals surface area contributed by atoms with E-state index in [0.29, 0.717) is 52.6 Å². The zero-order valence-corrected chi connectivity index (χ0v) is 22.7. The van der Waals surface area contributed by atoms with E-state index in [1.807, 2.05) is 6.92 Å². The Bertz CT molecular complexity index is 1370. The number of hydrogen-bond acceptors (Lipinski definition) is 9. The molecule has 0 bridgehead atoms. The van der Waals surface area contributed by atoms with E-state index in [4.69, 9.17) is 9.47 Å². The van der Waals surface area contributed by atoms with Crippen molar-refractivity contribution >= 4 is 32.3 Å². The lowest BCUT2D eigenvalue weighted by Crippen LogP contribution is -2.38. The van der Waals surface area contributed by atoms with Gasteiger partial charge in [-0.2, -0.15) is 5.10 Å². The van der Waals surface area contributed by atoms with Gasteiger partial charge < -0.3 is 14.6 Å². The highest BCUT2D eigenvalue weighted by atomic mass is 32.2. The maximum absolute atomic E-state index is 13.4. The van der Waals surface area contributed by atoms with E-state index in [1.165, 1.54) is 18.4 Å². The van der Waals surface area contributed by atoms with Crippen LogP contribution in [0.2, 0.25) is 0 Å². The number of aliphatic hydroxyl groups excluding tert-OH is 1. The fraction of sp³-hybridized carbons (Fsp3) is 0.542. The van der Waals surface area contributed by atoms with Gasteiger partial charge in [0.2, 0.25) is 15.0 Å². The molecule has 0 atom stereocenters. The third-order valence-electron chi connectivity index (χ3n) is 6.44. The lowest BCUT2D eigenvalue weighted by atomic mass is 9.94. The van der Waals surface area contributed by atoms with Crippen molar-refractivity contribution in [2.45, 2.75) is 75.8 Å². The molecule has 0 unspecified atom stereocenters. The number of carbonyl (C=O) groups excluding carboxylic acids is 1. The van der Waals surface area contributed by atoms with Gasteiger partial charge in [-0.3, -0.25) is 4.79 Å². The molecule has 0 saturated heterocycles. The number of carbonyl (C=O) groups is 1. The minimum atomic E-state index is -3.90. The van der Waals surface area contributed by atoms with E-state index in [9.17, 15) is 18.3 Å². The summed E-state index contributed by atoms with van der Waals surface area (Å²) in [6.07, 6.45) is 1.88. The van der Waals surface area contributed by atoms with Crippen molar-refractivity contribution in [1.82, 2.24) is 19.3 Å². The maximum Gasteiger partial charge on any atom is 0.318 e. The molecule has 4 rings (SSSR count). The van der Waals surface area contributed by atoms with E-state index in [-0.39, 0.29) is 35.4 Å². The van der Waals surface area contributed by atoms with Gasteiger partial charge in [-0.1, -0.05) is 11.3 Å². The Balaban J connectivity index is 1.74. The summed E-state index contributed by atoms with van der Waals surface area (Å²) in [4.78, 5) is 17.7. The summed E-state index contributed by atoms with van der Waals surface area (Å²) in [5, 5.41) is 15.0. The second-order valence-electron chi connectivity index (χ2n) is 9.49. The molecule has 0 aliphatic heterocycles. The molecule has 3 aromatic rings. The van der Waals surface area contributed by atoms with Crippen LogP contribution in [0.4, 0.5) is 0 Å². The summed E-state index contributed by atoms with van der Waals surface area (Å²) >= 11 is 1.29. The molecule has 1 saturated carbocycles. The van der Waals surface area contributed by atoms with Crippen LogP contribution < -0.4 is 9.46 Å². The maximum atomic E-state index is 13.4. The molecule has 2 aromatic heterocycles. The Morgan fingerprint density at radius 2 is 1.97 bits per heavy atom. The molecule has 1 aliphatic rings. The number of hydrogen-bond donors (Lipinski definition) is 2. The molecular formula is C24H32N4O6S2. The third kappa shape index (κ3) is 4.99. The van der Waals surface area contributed by atoms with E-state index in [1.54, 1.807) is 43.5 Å². The number of nitrogens with one attached hydrogen (secondary N) is 1. The Hall–Kier alpha value is -2.54. The van der Waals surface area contributed by atoms with Crippen LogP contribution in [-0.4, -0.2) is 60.0 Å². The van der Waals surface area contributed by atoms with Crippen LogP contribution in [-0.2, 0) is 25.0 Å². The second kappa shape index (κ2) is 10.1. The first-order valence-electron chi connectivity index (χ1n) is 11.9. The molecule has 1 aromatic carbocycles. The van der Waals surface area contributed by atoms with E-state index >= 15 is 0 Å². The Kier molecular flexibility index (Phi) is 7.42. The van der Waals surface area contributed by atoms with Crippen molar-refractivity contribution < 1.29 is 27.8 Å². The second-order valence-corrected chi connectivity index (χ2v) is 12.1. The monoisotopic (exact) mass is 536 g/mol. The first-order chi connectivity index (χ1) is 17.0. The van der Waals surface area contributed by atoms with Crippen LogP contribution in [0.3, 0.4) is 0 Å². The van der Waals surface area contributed by atoms with Crippen molar-refractivity contribution in [3.05, 3.63) is 28.9 Å². The molecule has 12 heteroatoms. The first-order valence-corrected chi connectivity index (χ1v) is 14.2. The normalized spacial score (nSPS) is 18.9. The molecule has 36 heavy (non-hydrogen) atoms. The number of fused-ring (bicyclic) bond motifs is 1. The third-order valence-corrected chi connectivity index (χ3v) is 9.22. The summed E-state index contributed by atoms with van der Waals surface area (Å²) in [5.74, 6) is -0.151. The van der Waals surface area contributed by atoms with Gasteiger partial charge in [0.25, 0.3) is 0 Å². The van der Waals surface area contributed by atoms with E-state index < -0.39 is 15.4 Å². The SMILES string of the molecule is CCOC(=O)C(C)(C)c1nn2c(-c3ccc(OC)c(S(=O)(=O)NC4CCC(O)CC4)c3)c(C)nc2s1. The van der Waals surface area contributed by atoms with Crippen molar-refractivity contribution in [1.29, 1.82) is 0 Å². The minimum absolute atomic E-state index is 0.0188. The summed E-state index contributed by atoms with van der Waals surface area (Å²) < 4.78 is 41.7. The highest BCUT2D eigenvalue weighted by Crippen LogP contribution is 2.36. The van der Waals surface area contributed by atoms with Crippen LogP contribution >= 0.6 is 11.3 Å². The number of aromatic nitrogens is 3. The number of esters is 1. The van der Waals surface area contributed by atoms with Gasteiger partial charge >= 0.3 is 5.97 Å². The fourth-order valence-electron chi connectivity index (χ4n) is 4.34. The molecule has 1 aliphatic carbocycles. The van der Waals surface area contributed by atoms with Gasteiger partial charge in [-0.15, -0.1) is 0 Å². The molecule has 0 radical (unpaired) electrons. The molecule has 2 N–H and O–H groups in total. The number of nitrogens with zero attached hydrogens (tertiary/aromatic N) is 3. The van der Waals surface area contributed by atoms with Crippen LogP contribution in [0.15, 0.2) is 23.1 Å². The molecular weight excluding hydrogens is 504 g/mol. The van der Waals surface area contributed by atoms with Crippen molar-refractivity contribution in [3.8, 4) is 17.0 Å². The van der Waals surface area contributed by atoms with Gasteiger partial charge in [0.05, 0.1) is 31.2 Å². The largest absolute Gasteiger partial charge is 0.495 e. The zero-order valence-electron chi connectivity index (χ0n) is 21.1. The molecule has 0 amide bonds. The topological polar surface area (TPSA) is 132 Å². The lowest BCUT2D eigenvalue weighted by molar-refractivity contribution is -0.148. The molecule has 2 heterocycles. The van der Waals surface area contributed by atoms with Crippen LogP contribution in [0.5, 0.6) is 5.75 Å². The number of methoxy groups -OCH3 is 1. The van der Waals surface area contributed by atoms with Gasteiger partial charge in [0.15, 0.2) is 0 Å². The highest BCUT2D eigenvalue weighted by molar-refractivity contribution is 7.89. The standard InChI is InChI=1S/C24H32N4O6S2/c1-6-34-22(30)24(3,4)21-26-28-20(14(2)25-23(28)35-21)15-7-12-18(33-5)19(13-15)36(31,32)27-16-8-10-17(29)11-9-16/h7,12-13,16-17,27,29H,6,8-11H2,1-5H3. The van der Waals surface area contributed by atoms with Crippen LogP contribution in [0.25, 0.3) is 16.2 Å². The number of aryl methyl sites for hydroxylation is 1. The van der Waals surface area contributed by atoms with Gasteiger partial charge in [-0.25, -0.2) is 22.6 Å².